The molecule has 0 aliphatic heterocycles. The molecule has 0 aliphatic carbocycles. The predicted molar refractivity (Wildman–Crippen MR) is 136 cm³/mol. The maximum Gasteiger partial charge on any atom is 0.314 e. The van der Waals surface area contributed by atoms with E-state index in [0.717, 1.165) is 28.0 Å². The third kappa shape index (κ3) is 7.57. The van der Waals surface area contributed by atoms with E-state index in [4.69, 9.17) is 13.9 Å². The molecule has 2 aromatic heterocycles. The molecule has 0 unspecified atom stereocenters. The van der Waals surface area contributed by atoms with Crippen LogP contribution in [0.15, 0.2) is 45.2 Å². The van der Waals surface area contributed by atoms with Crippen molar-refractivity contribution >= 4 is 77.3 Å². The first kappa shape index (κ1) is 26.3. The first-order valence-corrected chi connectivity index (χ1v) is 11.9. The smallest absolute Gasteiger partial charge is 0.314 e. The number of carboxylic acid groups (broad SMARTS) is 1. The second-order valence-corrected chi connectivity index (χ2v) is 7.79. The third-order valence-corrected chi connectivity index (χ3v) is 5.21. The van der Waals surface area contributed by atoms with E-state index in [1.165, 1.54) is 0 Å². The van der Waals surface area contributed by atoms with Crippen molar-refractivity contribution in [2.75, 3.05) is 35.0 Å². The molecule has 1 amide bonds. The van der Waals surface area contributed by atoms with Gasteiger partial charge in [-0.05, 0) is 24.3 Å². The zero-order chi connectivity index (χ0) is 24.5. The standard InChI is InChI=1S/C11H11BrN2O2.C9H10N2O.C2H3BrO2/c1-7-13-9-4-3-8(5-10(9)16-7)14(2)11(15)6-12;1-6-11-8-4-3-7(10-2)5-9(8)12-6;3-1-2(4)5/h3-5H,6H2,1-2H3;3-5,10H,1-2H3;1H2,(H,4,5). The van der Waals surface area contributed by atoms with Crippen LogP contribution in [-0.2, 0) is 9.59 Å². The van der Waals surface area contributed by atoms with Gasteiger partial charge in [0.15, 0.2) is 22.9 Å². The number of carbonyl (C=O) groups excluding carboxylic acids is 1. The Morgan fingerprint density at radius 2 is 1.48 bits per heavy atom. The molecule has 2 heterocycles. The fourth-order valence-corrected chi connectivity index (χ4v) is 3.04. The highest BCUT2D eigenvalue weighted by atomic mass is 79.9. The Morgan fingerprint density at radius 3 is 1.97 bits per heavy atom. The lowest BCUT2D eigenvalue weighted by molar-refractivity contribution is -0.133. The molecular formula is C22H24Br2N4O5. The number of carbonyl (C=O) groups is 2. The van der Waals surface area contributed by atoms with Crippen LogP contribution in [0.25, 0.3) is 22.2 Å². The summed E-state index contributed by atoms with van der Waals surface area (Å²) in [5.41, 5.74) is 5.09. The maximum atomic E-state index is 11.5. The van der Waals surface area contributed by atoms with Crippen molar-refractivity contribution in [1.29, 1.82) is 0 Å². The molecule has 0 spiro atoms. The number of nitrogens with one attached hydrogen (secondary N) is 1. The highest BCUT2D eigenvalue weighted by Gasteiger charge is 2.11. The number of benzene rings is 2. The van der Waals surface area contributed by atoms with Crippen LogP contribution in [0.5, 0.6) is 0 Å². The van der Waals surface area contributed by atoms with Crippen LogP contribution in [0.3, 0.4) is 0 Å². The van der Waals surface area contributed by atoms with Gasteiger partial charge in [0.25, 0.3) is 0 Å². The van der Waals surface area contributed by atoms with Crippen LogP contribution in [0.2, 0.25) is 0 Å². The summed E-state index contributed by atoms with van der Waals surface area (Å²) < 4.78 is 10.8. The molecule has 0 atom stereocenters. The summed E-state index contributed by atoms with van der Waals surface area (Å²) in [6, 6.07) is 11.4. The zero-order valence-electron chi connectivity index (χ0n) is 18.6. The van der Waals surface area contributed by atoms with Gasteiger partial charge in [-0.1, -0.05) is 31.9 Å². The molecule has 0 radical (unpaired) electrons. The van der Waals surface area contributed by atoms with Crippen LogP contribution in [-0.4, -0.2) is 51.7 Å². The van der Waals surface area contributed by atoms with Crippen LogP contribution in [0.4, 0.5) is 11.4 Å². The highest BCUT2D eigenvalue weighted by molar-refractivity contribution is 9.09. The van der Waals surface area contributed by atoms with Crippen molar-refractivity contribution in [3.8, 4) is 0 Å². The van der Waals surface area contributed by atoms with E-state index in [2.05, 4.69) is 47.1 Å². The molecule has 4 rings (SSSR count). The lowest BCUT2D eigenvalue weighted by Gasteiger charge is -2.15. The summed E-state index contributed by atoms with van der Waals surface area (Å²) in [5.74, 6) is 0.500. The molecule has 0 fully saturated rings. The average Bonchev–Trinajstić information content (AvgIpc) is 3.37. The number of oxazole rings is 2. The molecule has 9 nitrogen and oxygen atoms in total. The second kappa shape index (κ2) is 12.4. The average molecular weight is 584 g/mol. The Kier molecular flexibility index (Phi) is 9.86. The molecule has 0 aliphatic rings. The van der Waals surface area contributed by atoms with Crippen molar-refractivity contribution in [2.45, 2.75) is 13.8 Å². The molecule has 2 aromatic carbocycles. The molecular weight excluding hydrogens is 560 g/mol. The number of nitrogens with zero attached hydrogens (tertiary/aromatic N) is 3. The zero-order valence-corrected chi connectivity index (χ0v) is 21.7. The number of alkyl halides is 2. The summed E-state index contributed by atoms with van der Waals surface area (Å²) in [5, 5.41) is 11.1. The summed E-state index contributed by atoms with van der Waals surface area (Å²) >= 11 is 5.85. The van der Waals surface area contributed by atoms with Gasteiger partial charge in [-0.25, -0.2) is 9.97 Å². The summed E-state index contributed by atoms with van der Waals surface area (Å²) in [6.45, 7) is 3.64. The van der Waals surface area contributed by atoms with E-state index < -0.39 is 5.97 Å². The van der Waals surface area contributed by atoms with E-state index in [0.29, 0.717) is 22.7 Å². The minimum atomic E-state index is -0.829. The number of hydrogen-bond acceptors (Lipinski definition) is 7. The normalized spacial score (nSPS) is 10.1. The van der Waals surface area contributed by atoms with Gasteiger partial charge in [0.05, 0.1) is 5.33 Å². The van der Waals surface area contributed by atoms with Gasteiger partial charge in [-0.2, -0.15) is 0 Å². The quantitative estimate of drug-likeness (QED) is 0.317. The van der Waals surface area contributed by atoms with E-state index >= 15 is 0 Å². The second-order valence-electron chi connectivity index (χ2n) is 6.66. The Hall–Kier alpha value is -2.92. The maximum absolute atomic E-state index is 11.5. The van der Waals surface area contributed by atoms with Crippen molar-refractivity contribution in [1.82, 2.24) is 9.97 Å². The molecule has 0 saturated carbocycles. The first-order valence-electron chi connectivity index (χ1n) is 9.70. The van der Waals surface area contributed by atoms with E-state index in [1.54, 1.807) is 18.9 Å². The van der Waals surface area contributed by atoms with Crippen molar-refractivity contribution in [2.24, 2.45) is 0 Å². The van der Waals surface area contributed by atoms with Crippen LogP contribution in [0, 0.1) is 13.8 Å². The molecule has 2 N–H and O–H groups in total. The number of rotatable bonds is 4. The van der Waals surface area contributed by atoms with Crippen LogP contribution in [0.1, 0.15) is 11.8 Å². The number of aliphatic carboxylic acids is 1. The lowest BCUT2D eigenvalue weighted by Crippen LogP contribution is -2.26. The van der Waals surface area contributed by atoms with Crippen molar-refractivity contribution in [3.05, 3.63) is 48.2 Å². The van der Waals surface area contributed by atoms with Gasteiger partial charge >= 0.3 is 5.97 Å². The number of carboxylic acids is 1. The summed E-state index contributed by atoms with van der Waals surface area (Å²) in [4.78, 5) is 30.8. The topological polar surface area (TPSA) is 122 Å². The van der Waals surface area contributed by atoms with Gasteiger partial charge in [0.2, 0.25) is 5.91 Å². The number of aryl methyl sites for hydroxylation is 2. The van der Waals surface area contributed by atoms with Gasteiger partial charge in [0, 0.05) is 51.5 Å². The van der Waals surface area contributed by atoms with E-state index in [1.807, 2.05) is 50.4 Å². The minimum absolute atomic E-state index is 0.00409. The monoisotopic (exact) mass is 582 g/mol. The minimum Gasteiger partial charge on any atom is -0.481 e. The van der Waals surface area contributed by atoms with Gasteiger partial charge in [-0.3, -0.25) is 9.59 Å². The fraction of sp³-hybridized carbons (Fsp3) is 0.273. The molecule has 0 bridgehead atoms. The summed E-state index contributed by atoms with van der Waals surface area (Å²) in [6.07, 6.45) is 0. The Balaban J connectivity index is 0.000000200. The number of amides is 1. The number of halogens is 2. The Labute approximate surface area is 207 Å². The summed E-state index contributed by atoms with van der Waals surface area (Å²) in [7, 11) is 3.61. The SMILES string of the molecule is CNc1ccc2nc(C)oc2c1.Cc1nc2ccc(N(C)C(=O)CBr)cc2o1.O=C(O)CBr. The number of hydrogen-bond donors (Lipinski definition) is 2. The lowest BCUT2D eigenvalue weighted by atomic mass is 10.2. The molecule has 0 saturated heterocycles. The Morgan fingerprint density at radius 1 is 0.970 bits per heavy atom. The number of aromatic nitrogens is 2. The molecule has 176 valence electrons. The number of fused-ring (bicyclic) bond motifs is 2. The molecule has 33 heavy (non-hydrogen) atoms. The van der Waals surface area contributed by atoms with Gasteiger partial charge in [-0.15, -0.1) is 0 Å². The van der Waals surface area contributed by atoms with E-state index in [9.17, 15) is 9.59 Å². The third-order valence-electron chi connectivity index (χ3n) is 4.25. The number of anilines is 2. The van der Waals surface area contributed by atoms with Crippen LogP contribution < -0.4 is 10.2 Å². The van der Waals surface area contributed by atoms with Gasteiger partial charge < -0.3 is 24.2 Å². The largest absolute Gasteiger partial charge is 0.481 e. The molecule has 11 heteroatoms. The van der Waals surface area contributed by atoms with Crippen molar-refractivity contribution < 1.29 is 23.5 Å². The van der Waals surface area contributed by atoms with Crippen LogP contribution >= 0.6 is 31.9 Å². The molecule has 4 aromatic rings. The predicted octanol–water partition coefficient (Wildman–Crippen LogP) is 5.14. The van der Waals surface area contributed by atoms with Crippen molar-refractivity contribution in [3.63, 3.8) is 0 Å². The Bertz CT molecular complexity index is 1240. The van der Waals surface area contributed by atoms with Gasteiger partial charge in [0.1, 0.15) is 16.4 Å². The highest BCUT2D eigenvalue weighted by Crippen LogP contribution is 2.22. The fourth-order valence-electron chi connectivity index (χ4n) is 2.67. The van der Waals surface area contributed by atoms with E-state index in [-0.39, 0.29) is 11.2 Å². The first-order chi connectivity index (χ1) is 15.7.